The summed E-state index contributed by atoms with van der Waals surface area (Å²) >= 11 is 0. The number of carbonyl (C=O) groups is 1. The zero-order valence-corrected chi connectivity index (χ0v) is 11.0. The molecule has 0 unspecified atom stereocenters. The molecule has 20 heavy (non-hydrogen) atoms. The summed E-state index contributed by atoms with van der Waals surface area (Å²) in [7, 11) is 1.57. The SMILES string of the molecule is COc1c(N2CCOCC2)nc(C(N)=O)c2[nH]ncc12. The molecule has 1 saturated heterocycles. The first-order chi connectivity index (χ1) is 9.72. The number of fused-ring (bicyclic) bond motifs is 1. The van der Waals surface area contributed by atoms with E-state index in [1.54, 1.807) is 13.3 Å². The quantitative estimate of drug-likeness (QED) is 0.811. The number of aromatic nitrogens is 3. The van der Waals surface area contributed by atoms with E-state index >= 15 is 0 Å². The van der Waals surface area contributed by atoms with Crippen molar-refractivity contribution in [3.63, 3.8) is 0 Å². The van der Waals surface area contributed by atoms with Gasteiger partial charge in [-0.15, -0.1) is 0 Å². The van der Waals surface area contributed by atoms with Crippen molar-refractivity contribution in [2.75, 3.05) is 38.3 Å². The summed E-state index contributed by atoms with van der Waals surface area (Å²) in [6, 6.07) is 0. The predicted octanol–water partition coefficient (Wildman–Crippen LogP) is -0.0980. The van der Waals surface area contributed by atoms with Crippen LogP contribution in [0, 0.1) is 0 Å². The third-order valence-corrected chi connectivity index (χ3v) is 3.29. The molecular weight excluding hydrogens is 262 g/mol. The second-order valence-electron chi connectivity index (χ2n) is 4.44. The Morgan fingerprint density at radius 1 is 1.50 bits per heavy atom. The lowest BCUT2D eigenvalue weighted by molar-refractivity contribution is 0.0997. The van der Waals surface area contributed by atoms with Crippen LogP contribution >= 0.6 is 0 Å². The van der Waals surface area contributed by atoms with E-state index in [1.165, 1.54) is 0 Å². The summed E-state index contributed by atoms with van der Waals surface area (Å²) in [6.07, 6.45) is 1.60. The number of carbonyl (C=O) groups excluding carboxylic acids is 1. The highest BCUT2D eigenvalue weighted by Gasteiger charge is 2.24. The zero-order valence-electron chi connectivity index (χ0n) is 11.0. The van der Waals surface area contributed by atoms with Crippen LogP contribution in [0.15, 0.2) is 6.20 Å². The number of primary amides is 1. The molecule has 0 aromatic carbocycles. The van der Waals surface area contributed by atoms with Gasteiger partial charge in [0.2, 0.25) is 0 Å². The van der Waals surface area contributed by atoms with Gasteiger partial charge in [-0.3, -0.25) is 9.89 Å². The lowest BCUT2D eigenvalue weighted by Gasteiger charge is -2.29. The number of morpholine rings is 1. The van der Waals surface area contributed by atoms with Crippen molar-refractivity contribution in [2.24, 2.45) is 5.73 Å². The second-order valence-corrected chi connectivity index (χ2v) is 4.44. The van der Waals surface area contributed by atoms with E-state index < -0.39 is 5.91 Å². The Morgan fingerprint density at radius 3 is 2.90 bits per heavy atom. The van der Waals surface area contributed by atoms with Crippen LogP contribution in [0.5, 0.6) is 5.75 Å². The number of nitrogens with two attached hydrogens (primary N) is 1. The maximum Gasteiger partial charge on any atom is 0.269 e. The van der Waals surface area contributed by atoms with Gasteiger partial charge in [0, 0.05) is 13.1 Å². The maximum absolute atomic E-state index is 11.6. The van der Waals surface area contributed by atoms with Crippen LogP contribution in [0.1, 0.15) is 10.5 Å². The summed E-state index contributed by atoms with van der Waals surface area (Å²) in [5, 5.41) is 7.37. The number of nitrogens with zero attached hydrogens (tertiary/aromatic N) is 3. The first-order valence-corrected chi connectivity index (χ1v) is 6.26. The monoisotopic (exact) mass is 277 g/mol. The van der Waals surface area contributed by atoms with E-state index in [9.17, 15) is 4.79 Å². The summed E-state index contributed by atoms with van der Waals surface area (Å²) < 4.78 is 10.8. The number of hydrogen-bond donors (Lipinski definition) is 2. The minimum absolute atomic E-state index is 0.166. The van der Waals surface area contributed by atoms with Gasteiger partial charge in [0.15, 0.2) is 17.3 Å². The van der Waals surface area contributed by atoms with Crippen LogP contribution in [0.3, 0.4) is 0 Å². The normalized spacial score (nSPS) is 15.6. The molecule has 1 aliphatic rings. The lowest BCUT2D eigenvalue weighted by atomic mass is 10.2. The Hall–Kier alpha value is -2.35. The molecular formula is C12H15N5O3. The van der Waals surface area contributed by atoms with Crippen molar-refractivity contribution >= 4 is 22.6 Å². The van der Waals surface area contributed by atoms with Crippen molar-refractivity contribution in [2.45, 2.75) is 0 Å². The van der Waals surface area contributed by atoms with Gasteiger partial charge < -0.3 is 20.1 Å². The molecule has 1 fully saturated rings. The molecule has 0 radical (unpaired) electrons. The predicted molar refractivity (Wildman–Crippen MR) is 72.0 cm³/mol. The molecule has 0 aliphatic carbocycles. The minimum Gasteiger partial charge on any atom is -0.492 e. The third-order valence-electron chi connectivity index (χ3n) is 3.29. The number of pyridine rings is 1. The molecule has 0 atom stereocenters. The van der Waals surface area contributed by atoms with Crippen molar-refractivity contribution in [1.82, 2.24) is 15.2 Å². The number of methoxy groups -OCH3 is 1. The molecule has 0 saturated carbocycles. The first-order valence-electron chi connectivity index (χ1n) is 6.26. The highest BCUT2D eigenvalue weighted by atomic mass is 16.5. The highest BCUT2D eigenvalue weighted by molar-refractivity contribution is 6.06. The molecule has 2 aromatic rings. The molecule has 0 spiro atoms. The van der Waals surface area contributed by atoms with Gasteiger partial charge in [0.25, 0.3) is 5.91 Å². The van der Waals surface area contributed by atoms with Gasteiger partial charge >= 0.3 is 0 Å². The smallest absolute Gasteiger partial charge is 0.269 e. The van der Waals surface area contributed by atoms with E-state index in [2.05, 4.69) is 15.2 Å². The van der Waals surface area contributed by atoms with Crippen molar-refractivity contribution in [3.05, 3.63) is 11.9 Å². The highest BCUT2D eigenvalue weighted by Crippen LogP contribution is 2.35. The third kappa shape index (κ3) is 1.94. The van der Waals surface area contributed by atoms with E-state index in [1.807, 2.05) is 4.90 Å². The minimum atomic E-state index is -0.601. The molecule has 0 bridgehead atoms. The zero-order chi connectivity index (χ0) is 14.1. The second kappa shape index (κ2) is 4.97. The number of H-pyrrole nitrogens is 1. The summed E-state index contributed by atoms with van der Waals surface area (Å²) in [4.78, 5) is 18.0. The number of anilines is 1. The van der Waals surface area contributed by atoms with Gasteiger partial charge in [-0.25, -0.2) is 4.98 Å². The van der Waals surface area contributed by atoms with Gasteiger partial charge in [-0.05, 0) is 0 Å². The van der Waals surface area contributed by atoms with E-state index in [4.69, 9.17) is 15.2 Å². The molecule has 2 aromatic heterocycles. The average molecular weight is 277 g/mol. The topological polar surface area (TPSA) is 106 Å². The molecule has 106 valence electrons. The van der Waals surface area contributed by atoms with Crippen molar-refractivity contribution in [3.8, 4) is 5.75 Å². The Morgan fingerprint density at radius 2 is 2.25 bits per heavy atom. The number of nitrogens with one attached hydrogen (secondary N) is 1. The average Bonchev–Trinajstić information content (AvgIpc) is 2.95. The standard InChI is InChI=1S/C12H15N5O3/c1-19-10-7-6-14-16-8(7)9(11(13)18)15-12(10)17-2-4-20-5-3-17/h6H,2-5H2,1H3,(H2,13,18)(H,14,16). The summed E-state index contributed by atoms with van der Waals surface area (Å²) in [6.45, 7) is 2.59. The fourth-order valence-corrected chi connectivity index (χ4v) is 2.34. The Labute approximate surface area is 114 Å². The molecule has 3 rings (SSSR count). The molecule has 8 heteroatoms. The largest absolute Gasteiger partial charge is 0.492 e. The Kier molecular flexibility index (Phi) is 3.15. The van der Waals surface area contributed by atoms with E-state index in [-0.39, 0.29) is 5.69 Å². The van der Waals surface area contributed by atoms with Crippen LogP contribution in [-0.2, 0) is 4.74 Å². The van der Waals surface area contributed by atoms with Crippen molar-refractivity contribution in [1.29, 1.82) is 0 Å². The molecule has 1 aliphatic heterocycles. The first kappa shape index (κ1) is 12.7. The molecule has 3 N–H and O–H groups in total. The number of amides is 1. The van der Waals surface area contributed by atoms with E-state index in [0.29, 0.717) is 48.8 Å². The Bertz CT molecular complexity index is 648. The molecule has 8 nitrogen and oxygen atoms in total. The van der Waals surface area contributed by atoms with Crippen LogP contribution in [0.2, 0.25) is 0 Å². The Balaban J connectivity index is 2.20. The molecule has 3 heterocycles. The summed E-state index contributed by atoms with van der Waals surface area (Å²) in [5.41, 5.74) is 6.05. The summed E-state index contributed by atoms with van der Waals surface area (Å²) in [5.74, 6) is 0.579. The fraction of sp³-hybridized carbons (Fsp3) is 0.417. The van der Waals surface area contributed by atoms with E-state index in [0.717, 1.165) is 0 Å². The molecule has 1 amide bonds. The van der Waals surface area contributed by atoms with Gasteiger partial charge in [-0.2, -0.15) is 5.10 Å². The van der Waals surface area contributed by atoms with Crippen LogP contribution in [0.25, 0.3) is 10.9 Å². The van der Waals surface area contributed by atoms with Crippen LogP contribution in [-0.4, -0.2) is 54.5 Å². The number of ether oxygens (including phenoxy) is 2. The van der Waals surface area contributed by atoms with Crippen LogP contribution in [0.4, 0.5) is 5.82 Å². The number of hydrogen-bond acceptors (Lipinski definition) is 6. The van der Waals surface area contributed by atoms with Crippen molar-refractivity contribution < 1.29 is 14.3 Å². The van der Waals surface area contributed by atoms with Gasteiger partial charge in [0.1, 0.15) is 5.52 Å². The lowest BCUT2D eigenvalue weighted by Crippen LogP contribution is -2.37. The van der Waals surface area contributed by atoms with Gasteiger partial charge in [0.05, 0.1) is 31.9 Å². The number of aromatic amines is 1. The van der Waals surface area contributed by atoms with Gasteiger partial charge in [-0.1, -0.05) is 0 Å². The van der Waals surface area contributed by atoms with Crippen LogP contribution < -0.4 is 15.4 Å². The number of rotatable bonds is 3. The maximum atomic E-state index is 11.6. The fourth-order valence-electron chi connectivity index (χ4n) is 2.34.